The SMILES string of the molecule is C=C(C[Si]([Si](C)(C)C)([Si](C)(C)C)[Si](C)(C)C)C(=O)OC. The monoisotopic (exact) mass is 346 g/mol. The molecule has 0 unspecified atom stereocenters. The van der Waals surface area contributed by atoms with Gasteiger partial charge in [0.05, 0.1) is 7.11 Å². The van der Waals surface area contributed by atoms with Gasteiger partial charge in [-0.1, -0.05) is 65.5 Å². The van der Waals surface area contributed by atoms with Gasteiger partial charge in [-0.2, -0.15) is 0 Å². The van der Waals surface area contributed by atoms with E-state index in [1.807, 2.05) is 0 Å². The molecule has 0 N–H and O–H groups in total. The summed E-state index contributed by atoms with van der Waals surface area (Å²) in [5.41, 5.74) is 0.728. The third kappa shape index (κ3) is 3.64. The van der Waals surface area contributed by atoms with E-state index >= 15 is 0 Å². The van der Waals surface area contributed by atoms with Crippen LogP contribution in [-0.2, 0) is 9.53 Å². The zero-order valence-electron chi connectivity index (χ0n) is 15.2. The summed E-state index contributed by atoms with van der Waals surface area (Å²) in [5.74, 6) is -0.198. The van der Waals surface area contributed by atoms with Crippen LogP contribution in [0.5, 0.6) is 0 Å². The Hall–Kier alpha value is 0.0775. The van der Waals surface area contributed by atoms with Gasteiger partial charge in [0.25, 0.3) is 0 Å². The largest absolute Gasteiger partial charge is 0.466 e. The highest BCUT2D eigenvalue weighted by atomic mass is 29.9. The van der Waals surface area contributed by atoms with Gasteiger partial charge >= 0.3 is 5.97 Å². The first kappa shape index (κ1) is 20.1. The van der Waals surface area contributed by atoms with Gasteiger partial charge in [-0.05, 0) is 6.04 Å². The smallest absolute Gasteiger partial charge is 0.332 e. The lowest BCUT2D eigenvalue weighted by atomic mass is 10.4. The molecule has 0 atom stereocenters. The zero-order chi connectivity index (χ0) is 16.6. The Morgan fingerprint density at radius 1 is 0.850 bits per heavy atom. The molecule has 2 nitrogen and oxygen atoms in total. The Balaban J connectivity index is 6.07. The maximum absolute atomic E-state index is 11.9. The predicted molar refractivity (Wildman–Crippen MR) is 102 cm³/mol. The lowest BCUT2D eigenvalue weighted by Gasteiger charge is -2.57. The summed E-state index contributed by atoms with van der Waals surface area (Å²) in [6.07, 6.45) is 0. The summed E-state index contributed by atoms with van der Waals surface area (Å²) in [6.45, 7) is 25.3. The van der Waals surface area contributed by atoms with Gasteiger partial charge in [-0.25, -0.2) is 4.79 Å². The van der Waals surface area contributed by atoms with E-state index < -0.39 is 29.4 Å². The Morgan fingerprint density at radius 2 is 1.15 bits per heavy atom. The molecule has 0 saturated heterocycles. The molecule has 0 aromatic carbocycles. The molecule has 0 amide bonds. The summed E-state index contributed by atoms with van der Waals surface area (Å²) >= 11 is 0. The molecular formula is C14H34O2Si4. The maximum atomic E-state index is 11.9. The Bertz CT molecular complexity index is 347. The van der Waals surface area contributed by atoms with Crippen LogP contribution >= 0.6 is 0 Å². The number of carbonyl (C=O) groups excluding carboxylic acids is 1. The first-order chi connectivity index (χ1) is 8.62. The van der Waals surface area contributed by atoms with Gasteiger partial charge < -0.3 is 4.74 Å². The highest BCUT2D eigenvalue weighted by Gasteiger charge is 2.61. The maximum Gasteiger partial charge on any atom is 0.332 e. The minimum atomic E-state index is -1.53. The molecule has 0 aliphatic heterocycles. The average molecular weight is 347 g/mol. The van der Waals surface area contributed by atoms with E-state index in [4.69, 9.17) is 4.74 Å². The van der Waals surface area contributed by atoms with Gasteiger partial charge in [-0.3, -0.25) is 0 Å². The van der Waals surface area contributed by atoms with E-state index in [1.54, 1.807) is 0 Å². The third-order valence-corrected chi connectivity index (χ3v) is 78.6. The Morgan fingerprint density at radius 3 is 1.35 bits per heavy atom. The first-order valence-corrected chi connectivity index (χ1v) is 23.1. The number of ether oxygens (including phenoxy) is 1. The molecule has 0 bridgehead atoms. The van der Waals surface area contributed by atoms with Crippen LogP contribution < -0.4 is 0 Å². The van der Waals surface area contributed by atoms with Gasteiger partial charge in [0.15, 0.2) is 0 Å². The van der Waals surface area contributed by atoms with E-state index in [9.17, 15) is 4.79 Å². The van der Waals surface area contributed by atoms with E-state index in [0.717, 1.165) is 11.6 Å². The lowest BCUT2D eigenvalue weighted by Crippen LogP contribution is -2.82. The van der Waals surface area contributed by atoms with E-state index in [2.05, 4.69) is 65.5 Å². The van der Waals surface area contributed by atoms with Crippen molar-refractivity contribution in [3.05, 3.63) is 12.2 Å². The number of methoxy groups -OCH3 is 1. The predicted octanol–water partition coefficient (Wildman–Crippen LogP) is 4.41. The van der Waals surface area contributed by atoms with Crippen LogP contribution in [0.15, 0.2) is 12.2 Å². The topological polar surface area (TPSA) is 26.3 Å². The second kappa shape index (κ2) is 6.06. The van der Waals surface area contributed by atoms with Crippen molar-refractivity contribution in [2.75, 3.05) is 7.11 Å². The Kier molecular flexibility index (Phi) is 6.08. The minimum Gasteiger partial charge on any atom is -0.466 e. The zero-order valence-corrected chi connectivity index (χ0v) is 19.2. The Labute approximate surface area is 129 Å². The van der Waals surface area contributed by atoms with Crippen molar-refractivity contribution in [1.29, 1.82) is 0 Å². The molecule has 118 valence electrons. The van der Waals surface area contributed by atoms with Crippen molar-refractivity contribution < 1.29 is 9.53 Å². The van der Waals surface area contributed by atoms with E-state index in [-0.39, 0.29) is 5.97 Å². The molecule has 0 aliphatic carbocycles. The molecule has 0 aliphatic rings. The van der Waals surface area contributed by atoms with Crippen LogP contribution in [0.1, 0.15) is 0 Å². The standard InChI is InChI=1S/C14H34O2Si4/c1-13(14(15)16-2)12-20(17(3,4)5,18(6,7)8)19(9,10)11/h1,12H2,2-11H3. The van der Waals surface area contributed by atoms with Gasteiger partial charge in [0, 0.05) is 35.0 Å². The molecule has 0 spiro atoms. The van der Waals surface area contributed by atoms with Crippen LogP contribution in [0, 0.1) is 0 Å². The van der Waals surface area contributed by atoms with Gasteiger partial charge in [0.2, 0.25) is 0 Å². The third-order valence-electron chi connectivity index (χ3n) is 4.79. The van der Waals surface area contributed by atoms with Crippen LogP contribution in [0.2, 0.25) is 65.0 Å². The first-order valence-electron chi connectivity index (χ1n) is 7.38. The van der Waals surface area contributed by atoms with Crippen molar-refractivity contribution in [2.24, 2.45) is 0 Å². The molecule has 0 aromatic heterocycles. The summed E-state index contributed by atoms with van der Waals surface area (Å²) < 4.78 is 4.93. The van der Waals surface area contributed by atoms with Crippen molar-refractivity contribution in [1.82, 2.24) is 0 Å². The number of hydrogen-bond donors (Lipinski definition) is 0. The van der Waals surface area contributed by atoms with E-state index in [1.165, 1.54) is 7.11 Å². The molecule has 0 radical (unpaired) electrons. The highest BCUT2D eigenvalue weighted by Crippen LogP contribution is 2.41. The average Bonchev–Trinajstić information content (AvgIpc) is 2.18. The highest BCUT2D eigenvalue weighted by molar-refractivity contribution is 7.89. The van der Waals surface area contributed by atoms with Crippen molar-refractivity contribution in [2.45, 2.75) is 65.0 Å². The van der Waals surface area contributed by atoms with Crippen molar-refractivity contribution in [3.63, 3.8) is 0 Å². The molecule has 0 fully saturated rings. The number of hydrogen-bond acceptors (Lipinski definition) is 2. The summed E-state index contributed by atoms with van der Waals surface area (Å²) in [4.78, 5) is 11.9. The fourth-order valence-corrected chi connectivity index (χ4v) is 102. The van der Waals surface area contributed by atoms with Gasteiger partial charge in [0.1, 0.15) is 0 Å². The van der Waals surface area contributed by atoms with Crippen LogP contribution in [0.25, 0.3) is 0 Å². The molecule has 0 aromatic rings. The fraction of sp³-hybridized carbons (Fsp3) is 0.786. The normalized spacial score (nSPS) is 14.1. The van der Waals surface area contributed by atoms with Crippen molar-refractivity contribution in [3.8, 4) is 0 Å². The molecule has 0 rings (SSSR count). The molecule has 0 saturated carbocycles. The lowest BCUT2D eigenvalue weighted by molar-refractivity contribution is -0.135. The second-order valence-electron chi connectivity index (χ2n) is 8.93. The summed E-state index contributed by atoms with van der Waals surface area (Å²) in [6, 6.07) is 0.973. The number of esters is 1. The quantitative estimate of drug-likeness (QED) is 0.404. The second-order valence-corrected chi connectivity index (χ2v) is 50.3. The molecule has 0 heterocycles. The van der Waals surface area contributed by atoms with Gasteiger partial charge in [-0.15, -0.1) is 0 Å². The number of rotatable bonds is 6. The van der Waals surface area contributed by atoms with Crippen molar-refractivity contribution >= 4 is 35.4 Å². The van der Waals surface area contributed by atoms with E-state index in [0.29, 0.717) is 0 Å². The summed E-state index contributed by atoms with van der Waals surface area (Å²) in [5, 5.41) is 0. The van der Waals surface area contributed by atoms with Crippen LogP contribution in [-0.4, -0.2) is 42.5 Å². The minimum absolute atomic E-state index is 0.198. The fourth-order valence-electron chi connectivity index (χ4n) is 4.71. The van der Waals surface area contributed by atoms with Crippen LogP contribution in [0.4, 0.5) is 0 Å². The molecule has 20 heavy (non-hydrogen) atoms. The number of carbonyl (C=O) groups is 1. The van der Waals surface area contributed by atoms with Crippen LogP contribution in [0.3, 0.4) is 0 Å². The molecular weight excluding hydrogens is 312 g/mol. The molecule has 6 heteroatoms. The summed E-state index contributed by atoms with van der Waals surface area (Å²) in [7, 11) is -2.54.